The minimum Gasteiger partial charge on any atom is -0.468 e. The van der Waals surface area contributed by atoms with Gasteiger partial charge in [-0.25, -0.2) is 0 Å². The van der Waals surface area contributed by atoms with Crippen LogP contribution in [0, 0.1) is 0 Å². The van der Waals surface area contributed by atoms with Crippen LogP contribution < -0.4 is 5.32 Å². The number of thiophene rings is 1. The molecule has 27 heavy (non-hydrogen) atoms. The normalized spacial score (nSPS) is 11.7. The Morgan fingerprint density at radius 2 is 1.96 bits per heavy atom. The van der Waals surface area contributed by atoms with Gasteiger partial charge in [-0.3, -0.25) is 9.69 Å². The summed E-state index contributed by atoms with van der Waals surface area (Å²) in [6, 6.07) is 12.1. The van der Waals surface area contributed by atoms with Gasteiger partial charge in [0.25, 0.3) is 0 Å². The molecule has 0 fully saturated rings. The van der Waals surface area contributed by atoms with Crippen molar-refractivity contribution >= 4 is 22.9 Å². The van der Waals surface area contributed by atoms with E-state index >= 15 is 0 Å². The minimum absolute atomic E-state index is 0.0227. The summed E-state index contributed by atoms with van der Waals surface area (Å²) < 4.78 is 43.8. The van der Waals surface area contributed by atoms with Gasteiger partial charge in [0.05, 0.1) is 24.9 Å². The molecule has 0 radical (unpaired) electrons. The number of benzene rings is 1. The number of carbonyl (C=O) groups is 1. The Hall–Kier alpha value is -2.58. The first-order chi connectivity index (χ1) is 12.9. The number of nitrogens with one attached hydrogen (secondary N) is 1. The van der Waals surface area contributed by atoms with E-state index < -0.39 is 17.6 Å². The van der Waals surface area contributed by atoms with Gasteiger partial charge in [0.1, 0.15) is 5.76 Å². The summed E-state index contributed by atoms with van der Waals surface area (Å²) in [6.45, 7) is 0.976. The first kappa shape index (κ1) is 19.2. The molecule has 1 N–H and O–H groups in total. The molecule has 0 aliphatic rings. The van der Waals surface area contributed by atoms with Gasteiger partial charge in [-0.15, -0.1) is 11.3 Å². The quantitative estimate of drug-likeness (QED) is 0.613. The number of furan rings is 1. The Bertz CT molecular complexity index is 825. The highest BCUT2D eigenvalue weighted by atomic mass is 32.1. The van der Waals surface area contributed by atoms with Crippen LogP contribution in [-0.2, 0) is 24.1 Å². The monoisotopic (exact) mass is 394 g/mol. The van der Waals surface area contributed by atoms with Crippen molar-refractivity contribution in [3.63, 3.8) is 0 Å². The lowest BCUT2D eigenvalue weighted by Crippen LogP contribution is -2.32. The van der Waals surface area contributed by atoms with Crippen LogP contribution in [0.4, 0.5) is 18.9 Å². The predicted octanol–water partition coefficient (Wildman–Crippen LogP) is 5.00. The molecule has 4 nitrogen and oxygen atoms in total. The first-order valence-corrected chi connectivity index (χ1v) is 9.02. The number of nitrogens with zero attached hydrogens (tertiary/aromatic N) is 1. The summed E-state index contributed by atoms with van der Waals surface area (Å²) in [5.74, 6) is 0.316. The molecule has 1 amide bonds. The van der Waals surface area contributed by atoms with Crippen molar-refractivity contribution in [2.75, 3.05) is 11.9 Å². The highest BCUT2D eigenvalue weighted by molar-refractivity contribution is 7.09. The topological polar surface area (TPSA) is 45.5 Å². The van der Waals surface area contributed by atoms with Crippen molar-refractivity contribution in [2.24, 2.45) is 0 Å². The SMILES string of the molecule is O=C(CN(Cc1ccco1)Cc1cccs1)Nc1cccc(C(F)(F)F)c1. The third kappa shape index (κ3) is 5.70. The van der Waals surface area contributed by atoms with Crippen molar-refractivity contribution < 1.29 is 22.4 Å². The zero-order valence-corrected chi connectivity index (χ0v) is 15.0. The molecule has 0 unspecified atom stereocenters. The van der Waals surface area contributed by atoms with Crippen LogP contribution in [0.5, 0.6) is 0 Å². The van der Waals surface area contributed by atoms with E-state index in [0.29, 0.717) is 18.8 Å². The average Bonchev–Trinajstić information content (AvgIpc) is 3.28. The van der Waals surface area contributed by atoms with E-state index in [1.165, 1.54) is 12.1 Å². The van der Waals surface area contributed by atoms with E-state index in [1.807, 2.05) is 28.5 Å². The number of alkyl halides is 3. The summed E-state index contributed by atoms with van der Waals surface area (Å²) in [5.41, 5.74) is -0.685. The number of rotatable bonds is 7. The van der Waals surface area contributed by atoms with Crippen LogP contribution in [0.3, 0.4) is 0 Å². The lowest BCUT2D eigenvalue weighted by molar-refractivity contribution is -0.137. The summed E-state index contributed by atoms with van der Waals surface area (Å²) in [6.07, 6.45) is -2.90. The van der Waals surface area contributed by atoms with Crippen LogP contribution >= 0.6 is 11.3 Å². The molecule has 8 heteroatoms. The number of amides is 1. The van der Waals surface area contributed by atoms with Crippen LogP contribution in [0.2, 0.25) is 0 Å². The van der Waals surface area contributed by atoms with Crippen molar-refractivity contribution in [3.05, 3.63) is 76.4 Å². The zero-order valence-electron chi connectivity index (χ0n) is 14.2. The van der Waals surface area contributed by atoms with E-state index in [4.69, 9.17) is 4.42 Å². The fraction of sp³-hybridized carbons (Fsp3) is 0.211. The smallest absolute Gasteiger partial charge is 0.416 e. The molecule has 0 spiro atoms. The molecule has 1 aromatic carbocycles. The molecule has 0 bridgehead atoms. The van der Waals surface area contributed by atoms with Crippen LogP contribution in [0.15, 0.2) is 64.6 Å². The van der Waals surface area contributed by atoms with E-state index in [9.17, 15) is 18.0 Å². The third-order valence-electron chi connectivity index (χ3n) is 3.76. The van der Waals surface area contributed by atoms with Gasteiger partial charge in [-0.05, 0) is 41.8 Å². The average molecular weight is 394 g/mol. The molecule has 142 valence electrons. The molecule has 2 aromatic heterocycles. The summed E-state index contributed by atoms with van der Waals surface area (Å²) in [5, 5.41) is 4.48. The standard InChI is InChI=1S/C19H17F3N2O2S/c20-19(21,22)14-4-1-5-15(10-14)23-18(25)13-24(11-16-6-2-8-26-16)12-17-7-3-9-27-17/h1-10H,11-13H2,(H,23,25). The van der Waals surface area contributed by atoms with Crippen molar-refractivity contribution in [3.8, 4) is 0 Å². The second-order valence-corrected chi connectivity index (χ2v) is 6.96. The van der Waals surface area contributed by atoms with Gasteiger partial charge in [0.2, 0.25) is 5.91 Å². The van der Waals surface area contributed by atoms with Gasteiger partial charge in [-0.2, -0.15) is 13.2 Å². The number of anilines is 1. The molecule has 0 saturated carbocycles. The largest absolute Gasteiger partial charge is 0.468 e. The summed E-state index contributed by atoms with van der Waals surface area (Å²) >= 11 is 1.57. The van der Waals surface area contributed by atoms with Gasteiger partial charge >= 0.3 is 6.18 Å². The second kappa shape index (κ2) is 8.41. The number of carbonyl (C=O) groups excluding carboxylic acids is 1. The molecule has 0 aliphatic heterocycles. The van der Waals surface area contributed by atoms with Crippen LogP contribution in [0.25, 0.3) is 0 Å². The molecule has 3 rings (SSSR count). The Morgan fingerprint density at radius 3 is 2.63 bits per heavy atom. The van der Waals surface area contributed by atoms with Crippen molar-refractivity contribution in [1.29, 1.82) is 0 Å². The van der Waals surface area contributed by atoms with E-state index in [1.54, 1.807) is 23.7 Å². The van der Waals surface area contributed by atoms with Crippen molar-refractivity contribution in [2.45, 2.75) is 19.3 Å². The van der Waals surface area contributed by atoms with E-state index in [2.05, 4.69) is 5.32 Å². The molecule has 0 saturated heterocycles. The molecule has 3 aromatic rings. The predicted molar refractivity (Wildman–Crippen MR) is 97.2 cm³/mol. The number of hydrogen-bond acceptors (Lipinski definition) is 4. The van der Waals surface area contributed by atoms with Crippen LogP contribution in [0.1, 0.15) is 16.2 Å². The van der Waals surface area contributed by atoms with Gasteiger partial charge in [0, 0.05) is 17.1 Å². The molecule has 2 heterocycles. The lowest BCUT2D eigenvalue weighted by atomic mass is 10.2. The Morgan fingerprint density at radius 1 is 1.11 bits per heavy atom. The first-order valence-electron chi connectivity index (χ1n) is 8.14. The molecular weight excluding hydrogens is 377 g/mol. The van der Waals surface area contributed by atoms with Gasteiger partial charge in [0.15, 0.2) is 0 Å². The maximum Gasteiger partial charge on any atom is 0.416 e. The third-order valence-corrected chi connectivity index (χ3v) is 4.62. The highest BCUT2D eigenvalue weighted by Gasteiger charge is 2.30. The Kier molecular flexibility index (Phi) is 5.98. The fourth-order valence-electron chi connectivity index (χ4n) is 2.59. The fourth-order valence-corrected chi connectivity index (χ4v) is 3.34. The van der Waals surface area contributed by atoms with E-state index in [-0.39, 0.29) is 12.2 Å². The van der Waals surface area contributed by atoms with Crippen molar-refractivity contribution in [1.82, 2.24) is 4.90 Å². The van der Waals surface area contributed by atoms with Gasteiger partial charge in [-0.1, -0.05) is 12.1 Å². The zero-order chi connectivity index (χ0) is 19.3. The minimum atomic E-state index is -4.45. The maximum absolute atomic E-state index is 12.8. The van der Waals surface area contributed by atoms with E-state index in [0.717, 1.165) is 17.0 Å². The van der Waals surface area contributed by atoms with Crippen LogP contribution in [-0.4, -0.2) is 17.4 Å². The Labute approximate surface area is 158 Å². The Balaban J connectivity index is 1.66. The lowest BCUT2D eigenvalue weighted by Gasteiger charge is -2.20. The number of halogens is 3. The highest BCUT2D eigenvalue weighted by Crippen LogP contribution is 2.30. The molecule has 0 atom stereocenters. The van der Waals surface area contributed by atoms with Gasteiger partial charge < -0.3 is 9.73 Å². The number of hydrogen-bond donors (Lipinski definition) is 1. The molecule has 0 aliphatic carbocycles. The second-order valence-electron chi connectivity index (χ2n) is 5.93. The maximum atomic E-state index is 12.8. The summed E-state index contributed by atoms with van der Waals surface area (Å²) in [4.78, 5) is 15.3. The summed E-state index contributed by atoms with van der Waals surface area (Å²) in [7, 11) is 0. The molecular formula is C19H17F3N2O2S.